The molecule has 10 heteroatoms. The molecule has 2 rings (SSSR count). The topological polar surface area (TPSA) is 49.4 Å². The molecule has 0 spiro atoms. The van der Waals surface area contributed by atoms with Gasteiger partial charge in [0, 0.05) is 11.4 Å². The van der Waals surface area contributed by atoms with E-state index in [2.05, 4.69) is 4.72 Å². The second kappa shape index (κ2) is 7.63. The van der Waals surface area contributed by atoms with Crippen LogP contribution in [0.25, 0.3) is 0 Å². The molecule has 0 aliphatic rings. The third-order valence-electron chi connectivity index (χ3n) is 3.52. The number of hydrogen-bond donors (Lipinski definition) is 1. The van der Waals surface area contributed by atoms with Crippen LogP contribution in [-0.4, -0.2) is 34.0 Å². The van der Waals surface area contributed by atoms with E-state index in [0.717, 1.165) is 17.0 Å². The van der Waals surface area contributed by atoms with Gasteiger partial charge in [0.2, 0.25) is 10.0 Å². The van der Waals surface area contributed by atoms with Crippen LogP contribution in [0.4, 0.5) is 13.2 Å². The largest absolute Gasteiger partial charge is 0.417 e. The van der Waals surface area contributed by atoms with Gasteiger partial charge in [-0.2, -0.15) is 13.2 Å². The number of halogens is 4. The van der Waals surface area contributed by atoms with Crippen LogP contribution in [0.2, 0.25) is 5.02 Å². The molecule has 1 heterocycles. The zero-order valence-electron chi connectivity index (χ0n) is 13.3. The van der Waals surface area contributed by atoms with Crippen molar-refractivity contribution in [3.8, 4) is 0 Å². The second-order valence-electron chi connectivity index (χ2n) is 5.49. The average molecular weight is 413 g/mol. The van der Waals surface area contributed by atoms with Crippen molar-refractivity contribution >= 4 is 33.0 Å². The highest BCUT2D eigenvalue weighted by Crippen LogP contribution is 2.36. The molecule has 4 nitrogen and oxygen atoms in total. The van der Waals surface area contributed by atoms with Gasteiger partial charge in [-0.15, -0.1) is 11.3 Å². The van der Waals surface area contributed by atoms with E-state index in [9.17, 15) is 21.6 Å². The summed E-state index contributed by atoms with van der Waals surface area (Å²) in [7, 11) is -0.521. The van der Waals surface area contributed by atoms with Crippen molar-refractivity contribution in [2.24, 2.45) is 0 Å². The number of alkyl halides is 3. The van der Waals surface area contributed by atoms with E-state index in [-0.39, 0.29) is 12.6 Å². The molecular weight excluding hydrogens is 397 g/mol. The van der Waals surface area contributed by atoms with Crippen molar-refractivity contribution < 1.29 is 21.6 Å². The number of benzene rings is 1. The van der Waals surface area contributed by atoms with Gasteiger partial charge in [-0.3, -0.25) is 0 Å². The summed E-state index contributed by atoms with van der Waals surface area (Å²) in [5.41, 5.74) is -1.18. The van der Waals surface area contributed by atoms with Crippen LogP contribution in [0.3, 0.4) is 0 Å². The first-order chi connectivity index (χ1) is 11.5. The zero-order chi connectivity index (χ0) is 18.8. The fraction of sp³-hybridized carbons (Fsp3) is 0.333. The third kappa shape index (κ3) is 4.95. The maximum atomic E-state index is 12.9. The highest BCUT2D eigenvalue weighted by molar-refractivity contribution is 7.89. The summed E-state index contributed by atoms with van der Waals surface area (Å²) in [6.45, 7) is 0.0276. The average Bonchev–Trinajstić information content (AvgIpc) is 3.00. The molecule has 138 valence electrons. The van der Waals surface area contributed by atoms with Gasteiger partial charge in [-0.1, -0.05) is 17.7 Å². The third-order valence-corrected chi connectivity index (χ3v) is 6.24. The van der Waals surface area contributed by atoms with Gasteiger partial charge in [-0.25, -0.2) is 13.1 Å². The van der Waals surface area contributed by atoms with Gasteiger partial charge in [-0.05, 0) is 43.7 Å². The molecule has 0 saturated carbocycles. The van der Waals surface area contributed by atoms with Gasteiger partial charge in [0.05, 0.1) is 21.5 Å². The first-order valence-electron chi connectivity index (χ1n) is 7.08. The van der Waals surface area contributed by atoms with E-state index in [1.165, 1.54) is 11.3 Å². The van der Waals surface area contributed by atoms with Crippen LogP contribution in [0, 0.1) is 0 Å². The Bertz CT molecular complexity index is 822. The molecule has 0 saturated heterocycles. The van der Waals surface area contributed by atoms with Crippen LogP contribution < -0.4 is 4.72 Å². The molecule has 1 N–H and O–H groups in total. The monoisotopic (exact) mass is 412 g/mol. The van der Waals surface area contributed by atoms with Crippen molar-refractivity contribution in [2.75, 3.05) is 20.6 Å². The van der Waals surface area contributed by atoms with Crippen LogP contribution in [-0.2, 0) is 16.2 Å². The summed E-state index contributed by atoms with van der Waals surface area (Å²) in [6, 6.07) is 6.01. The molecule has 0 amide bonds. The van der Waals surface area contributed by atoms with Gasteiger partial charge in [0.25, 0.3) is 0 Å². The minimum Gasteiger partial charge on any atom is -0.300 e. The number of sulfonamides is 1. The highest BCUT2D eigenvalue weighted by Gasteiger charge is 2.34. The van der Waals surface area contributed by atoms with E-state index < -0.39 is 31.7 Å². The number of thiophene rings is 1. The molecule has 0 bridgehead atoms. The Morgan fingerprint density at radius 2 is 1.96 bits per heavy atom. The Hall–Kier alpha value is -1.13. The van der Waals surface area contributed by atoms with Crippen molar-refractivity contribution in [1.82, 2.24) is 9.62 Å². The molecule has 0 aliphatic carbocycles. The van der Waals surface area contributed by atoms with Gasteiger partial charge in [0.1, 0.15) is 0 Å². The Morgan fingerprint density at radius 3 is 2.48 bits per heavy atom. The number of nitrogens with zero attached hydrogens (tertiary/aromatic N) is 1. The predicted molar refractivity (Wildman–Crippen MR) is 92.4 cm³/mol. The first kappa shape index (κ1) is 20.2. The minimum atomic E-state index is -4.73. The molecule has 2 aromatic rings. The molecule has 1 atom stereocenters. The Kier molecular flexibility index (Phi) is 6.16. The fourth-order valence-corrected chi connectivity index (χ4v) is 4.39. The molecule has 0 fully saturated rings. The molecule has 1 aromatic carbocycles. The van der Waals surface area contributed by atoms with Crippen LogP contribution in [0.15, 0.2) is 40.6 Å². The highest BCUT2D eigenvalue weighted by atomic mass is 35.5. The number of hydrogen-bond acceptors (Lipinski definition) is 4. The molecule has 25 heavy (non-hydrogen) atoms. The Balaban J connectivity index is 2.25. The summed E-state index contributed by atoms with van der Waals surface area (Å²) in [5.74, 6) is 0. The van der Waals surface area contributed by atoms with E-state index in [0.29, 0.717) is 6.07 Å². The molecule has 0 radical (unpaired) electrons. The standard InChI is InChI=1S/C15H16ClF3N2O2S2/c1-21(2)13(14-4-3-7-24-14)9-20-25(22,23)10-5-6-12(16)11(8-10)15(17,18)19/h3-8,13,20H,9H2,1-2H3. The van der Waals surface area contributed by atoms with Crippen LogP contribution >= 0.6 is 22.9 Å². The SMILES string of the molecule is CN(C)C(CNS(=O)(=O)c1ccc(Cl)c(C(F)(F)F)c1)c1cccs1. The Morgan fingerprint density at radius 1 is 1.28 bits per heavy atom. The second-order valence-corrected chi connectivity index (χ2v) is 8.64. The molecule has 1 unspecified atom stereocenters. The van der Waals surface area contributed by atoms with Gasteiger partial charge >= 0.3 is 6.18 Å². The molecular formula is C15H16ClF3N2O2S2. The normalized spacial score (nSPS) is 14.0. The van der Waals surface area contributed by atoms with Crippen molar-refractivity contribution in [3.63, 3.8) is 0 Å². The van der Waals surface area contributed by atoms with Gasteiger partial charge < -0.3 is 4.90 Å². The van der Waals surface area contributed by atoms with Crippen LogP contribution in [0.1, 0.15) is 16.5 Å². The van der Waals surface area contributed by atoms with Crippen molar-refractivity contribution in [2.45, 2.75) is 17.1 Å². The van der Waals surface area contributed by atoms with E-state index in [4.69, 9.17) is 11.6 Å². The summed E-state index contributed by atoms with van der Waals surface area (Å²) in [4.78, 5) is 2.30. The summed E-state index contributed by atoms with van der Waals surface area (Å²) < 4.78 is 65.9. The summed E-state index contributed by atoms with van der Waals surface area (Å²) in [5, 5.41) is 1.32. The van der Waals surface area contributed by atoms with Gasteiger partial charge in [0.15, 0.2) is 0 Å². The molecule has 1 aromatic heterocycles. The quantitative estimate of drug-likeness (QED) is 0.780. The fourth-order valence-electron chi connectivity index (χ4n) is 2.18. The van der Waals surface area contributed by atoms with E-state index >= 15 is 0 Å². The maximum Gasteiger partial charge on any atom is 0.417 e. The Labute approximate surface area is 153 Å². The number of rotatable bonds is 6. The lowest BCUT2D eigenvalue weighted by Crippen LogP contribution is -2.34. The predicted octanol–water partition coefficient (Wildman–Crippen LogP) is 4.00. The number of likely N-dealkylation sites (N-methyl/N-ethyl adjacent to an activating group) is 1. The smallest absolute Gasteiger partial charge is 0.300 e. The van der Waals surface area contributed by atoms with E-state index in [1.54, 1.807) is 14.1 Å². The van der Waals surface area contributed by atoms with E-state index in [1.807, 2.05) is 22.4 Å². The summed E-state index contributed by atoms with van der Waals surface area (Å²) >= 11 is 7.00. The lowest BCUT2D eigenvalue weighted by Gasteiger charge is -2.23. The zero-order valence-corrected chi connectivity index (χ0v) is 15.7. The van der Waals surface area contributed by atoms with Crippen LogP contribution in [0.5, 0.6) is 0 Å². The van der Waals surface area contributed by atoms with Crippen molar-refractivity contribution in [1.29, 1.82) is 0 Å². The maximum absolute atomic E-state index is 12.9. The first-order valence-corrected chi connectivity index (χ1v) is 9.82. The lowest BCUT2D eigenvalue weighted by atomic mass is 10.2. The lowest BCUT2D eigenvalue weighted by molar-refractivity contribution is -0.137. The molecule has 0 aliphatic heterocycles. The number of nitrogens with one attached hydrogen (secondary N) is 1. The summed E-state index contributed by atoms with van der Waals surface area (Å²) in [6.07, 6.45) is -4.73. The minimum absolute atomic E-state index is 0.0276. The van der Waals surface area contributed by atoms with Crippen molar-refractivity contribution in [3.05, 3.63) is 51.2 Å².